The van der Waals surface area contributed by atoms with E-state index < -0.39 is 4.92 Å². The van der Waals surface area contributed by atoms with Crippen LogP contribution < -0.4 is 9.64 Å². The van der Waals surface area contributed by atoms with Gasteiger partial charge in [-0.05, 0) is 30.3 Å². The number of nitro groups is 1. The monoisotopic (exact) mass is 283 g/mol. The number of hydrogen-bond acceptors (Lipinski definition) is 5. The Morgan fingerprint density at radius 3 is 2.33 bits per heavy atom. The van der Waals surface area contributed by atoms with Gasteiger partial charge in [0, 0.05) is 30.6 Å². The average Bonchev–Trinajstić information content (AvgIpc) is 2.53. The first kappa shape index (κ1) is 14.3. The fraction of sp³-hybridized carbons (Fsp3) is 0.133. The summed E-state index contributed by atoms with van der Waals surface area (Å²) in [6, 6.07) is 13.8. The molecule has 2 aromatic carbocycles. The van der Waals surface area contributed by atoms with E-state index in [2.05, 4.69) is 6.07 Å². The van der Waals surface area contributed by atoms with Crippen molar-refractivity contribution < 1.29 is 9.66 Å². The fourth-order valence-electron chi connectivity index (χ4n) is 1.93. The van der Waals surface area contributed by atoms with Gasteiger partial charge in [-0.1, -0.05) is 0 Å². The van der Waals surface area contributed by atoms with Crippen LogP contribution in [-0.2, 0) is 0 Å². The van der Waals surface area contributed by atoms with Crippen molar-refractivity contribution in [1.29, 1.82) is 5.26 Å². The van der Waals surface area contributed by atoms with Crippen molar-refractivity contribution in [2.45, 2.75) is 0 Å². The van der Waals surface area contributed by atoms with Crippen LogP contribution in [-0.4, -0.2) is 19.1 Å². The van der Waals surface area contributed by atoms with Crippen molar-refractivity contribution in [2.75, 3.05) is 19.1 Å². The molecule has 0 atom stereocenters. The third-order valence-electron chi connectivity index (χ3n) is 3.13. The standard InChI is InChI=1S/C15H13N3O3/c1-17(12-5-3-11(10-16)4-6-12)13-7-8-14(18(19)20)15(9-13)21-2/h3-9H,1-2H3. The zero-order valence-corrected chi connectivity index (χ0v) is 11.6. The highest BCUT2D eigenvalue weighted by Crippen LogP contribution is 2.33. The second-order valence-corrected chi connectivity index (χ2v) is 4.33. The Bertz CT molecular complexity index is 705. The van der Waals surface area contributed by atoms with E-state index in [0.717, 1.165) is 11.4 Å². The smallest absolute Gasteiger partial charge is 0.311 e. The number of anilines is 2. The van der Waals surface area contributed by atoms with Crippen LogP contribution in [0.25, 0.3) is 0 Å². The second kappa shape index (κ2) is 5.92. The van der Waals surface area contributed by atoms with E-state index in [1.165, 1.54) is 13.2 Å². The van der Waals surface area contributed by atoms with Gasteiger partial charge in [0.25, 0.3) is 0 Å². The van der Waals surface area contributed by atoms with Gasteiger partial charge in [0.05, 0.1) is 23.7 Å². The Hall–Kier alpha value is -3.07. The number of benzene rings is 2. The van der Waals surface area contributed by atoms with Crippen molar-refractivity contribution in [2.24, 2.45) is 0 Å². The highest BCUT2D eigenvalue weighted by atomic mass is 16.6. The maximum Gasteiger partial charge on any atom is 0.311 e. The van der Waals surface area contributed by atoms with E-state index >= 15 is 0 Å². The highest BCUT2D eigenvalue weighted by Gasteiger charge is 2.16. The predicted octanol–water partition coefficient (Wildman–Crippen LogP) is 3.24. The SMILES string of the molecule is COc1cc(N(C)c2ccc(C#N)cc2)ccc1[N+](=O)[O-]. The summed E-state index contributed by atoms with van der Waals surface area (Å²) in [5.74, 6) is 0.206. The molecule has 0 saturated carbocycles. The first-order valence-corrected chi connectivity index (χ1v) is 6.13. The minimum Gasteiger partial charge on any atom is -0.490 e. The summed E-state index contributed by atoms with van der Waals surface area (Å²) in [6.07, 6.45) is 0. The van der Waals surface area contributed by atoms with Gasteiger partial charge in [0.15, 0.2) is 5.75 Å². The summed E-state index contributed by atoms with van der Waals surface area (Å²) < 4.78 is 5.06. The minimum atomic E-state index is -0.482. The lowest BCUT2D eigenvalue weighted by atomic mass is 10.2. The molecule has 0 N–H and O–H groups in total. The molecule has 0 aliphatic rings. The van der Waals surface area contributed by atoms with E-state index in [0.29, 0.717) is 5.56 Å². The lowest BCUT2D eigenvalue weighted by Crippen LogP contribution is -2.09. The molecule has 21 heavy (non-hydrogen) atoms. The second-order valence-electron chi connectivity index (χ2n) is 4.33. The molecule has 0 bridgehead atoms. The van der Waals surface area contributed by atoms with Crippen molar-refractivity contribution in [1.82, 2.24) is 0 Å². The van der Waals surface area contributed by atoms with E-state index in [-0.39, 0.29) is 11.4 Å². The lowest BCUT2D eigenvalue weighted by Gasteiger charge is -2.20. The zero-order chi connectivity index (χ0) is 15.4. The molecule has 0 unspecified atom stereocenters. The first-order chi connectivity index (χ1) is 10.1. The molecule has 2 rings (SSSR count). The van der Waals surface area contributed by atoms with Crippen LogP contribution in [0.15, 0.2) is 42.5 Å². The van der Waals surface area contributed by atoms with Crippen LogP contribution in [0.5, 0.6) is 5.75 Å². The number of hydrogen-bond donors (Lipinski definition) is 0. The Kier molecular flexibility index (Phi) is 4.05. The Labute approximate surface area is 122 Å². The molecular formula is C15H13N3O3. The lowest BCUT2D eigenvalue weighted by molar-refractivity contribution is -0.385. The Morgan fingerprint density at radius 1 is 1.19 bits per heavy atom. The zero-order valence-electron chi connectivity index (χ0n) is 11.6. The van der Waals surface area contributed by atoms with E-state index in [1.807, 2.05) is 24.1 Å². The van der Waals surface area contributed by atoms with Crippen LogP contribution in [0.3, 0.4) is 0 Å². The van der Waals surface area contributed by atoms with Gasteiger partial charge < -0.3 is 9.64 Å². The molecule has 0 saturated heterocycles. The van der Waals surface area contributed by atoms with Crippen LogP contribution >= 0.6 is 0 Å². The van der Waals surface area contributed by atoms with E-state index in [1.54, 1.807) is 24.3 Å². The quantitative estimate of drug-likeness (QED) is 0.635. The van der Waals surface area contributed by atoms with Crippen LogP contribution in [0.2, 0.25) is 0 Å². The molecule has 0 aliphatic heterocycles. The van der Waals surface area contributed by atoms with Crippen LogP contribution in [0.4, 0.5) is 17.1 Å². The molecular weight excluding hydrogens is 270 g/mol. The summed E-state index contributed by atoms with van der Waals surface area (Å²) >= 11 is 0. The minimum absolute atomic E-state index is 0.0746. The molecule has 6 nitrogen and oxygen atoms in total. The number of rotatable bonds is 4. The molecule has 2 aromatic rings. The molecule has 0 radical (unpaired) electrons. The number of nitriles is 1. The first-order valence-electron chi connectivity index (χ1n) is 6.13. The predicted molar refractivity (Wildman–Crippen MR) is 78.9 cm³/mol. The third-order valence-corrected chi connectivity index (χ3v) is 3.13. The molecule has 0 heterocycles. The van der Waals surface area contributed by atoms with Gasteiger partial charge in [-0.25, -0.2) is 0 Å². The average molecular weight is 283 g/mol. The van der Waals surface area contributed by atoms with Gasteiger partial charge >= 0.3 is 5.69 Å². The third kappa shape index (κ3) is 2.92. The molecule has 0 aliphatic carbocycles. The molecule has 106 valence electrons. The van der Waals surface area contributed by atoms with Gasteiger partial charge in [0.1, 0.15) is 0 Å². The number of nitrogens with zero attached hydrogens (tertiary/aromatic N) is 3. The van der Waals surface area contributed by atoms with Gasteiger partial charge in [-0.3, -0.25) is 10.1 Å². The maximum absolute atomic E-state index is 10.9. The molecule has 0 amide bonds. The highest BCUT2D eigenvalue weighted by molar-refractivity contribution is 5.67. The number of nitro benzene ring substituents is 1. The molecule has 0 fully saturated rings. The summed E-state index contributed by atoms with van der Waals surface area (Å²) in [4.78, 5) is 12.3. The van der Waals surface area contributed by atoms with Crippen LogP contribution in [0, 0.1) is 21.4 Å². The summed E-state index contributed by atoms with van der Waals surface area (Å²) in [5, 5.41) is 19.7. The Balaban J connectivity index is 2.36. The Morgan fingerprint density at radius 2 is 1.81 bits per heavy atom. The number of methoxy groups -OCH3 is 1. The normalized spacial score (nSPS) is 9.76. The topological polar surface area (TPSA) is 79.4 Å². The largest absolute Gasteiger partial charge is 0.490 e. The van der Waals surface area contributed by atoms with Gasteiger partial charge in [-0.15, -0.1) is 0 Å². The van der Waals surface area contributed by atoms with Gasteiger partial charge in [-0.2, -0.15) is 5.26 Å². The van der Waals surface area contributed by atoms with E-state index in [9.17, 15) is 10.1 Å². The van der Waals surface area contributed by atoms with Crippen molar-refractivity contribution in [3.05, 3.63) is 58.1 Å². The van der Waals surface area contributed by atoms with E-state index in [4.69, 9.17) is 10.00 Å². The van der Waals surface area contributed by atoms with Crippen molar-refractivity contribution >= 4 is 17.1 Å². The fourth-order valence-corrected chi connectivity index (χ4v) is 1.93. The molecule has 0 aromatic heterocycles. The number of ether oxygens (including phenoxy) is 1. The van der Waals surface area contributed by atoms with Crippen molar-refractivity contribution in [3.8, 4) is 11.8 Å². The maximum atomic E-state index is 10.9. The van der Waals surface area contributed by atoms with Crippen LogP contribution in [0.1, 0.15) is 5.56 Å². The summed E-state index contributed by atoms with van der Waals surface area (Å²) in [5.41, 5.74) is 2.12. The summed E-state index contributed by atoms with van der Waals surface area (Å²) in [6.45, 7) is 0. The summed E-state index contributed by atoms with van der Waals surface area (Å²) in [7, 11) is 3.23. The van der Waals surface area contributed by atoms with Gasteiger partial charge in [0.2, 0.25) is 0 Å². The molecule has 0 spiro atoms. The molecule has 6 heteroatoms. The van der Waals surface area contributed by atoms with Crippen molar-refractivity contribution in [3.63, 3.8) is 0 Å².